The van der Waals surface area contributed by atoms with E-state index in [0.29, 0.717) is 12.2 Å². The van der Waals surface area contributed by atoms with Crippen LogP contribution in [0.2, 0.25) is 0 Å². The van der Waals surface area contributed by atoms with E-state index in [1.54, 1.807) is 4.68 Å². The average molecular weight is 439 g/mol. The van der Waals surface area contributed by atoms with E-state index in [9.17, 15) is 18.0 Å². The van der Waals surface area contributed by atoms with Crippen molar-refractivity contribution in [2.45, 2.75) is 12.8 Å². The van der Waals surface area contributed by atoms with E-state index in [1.165, 1.54) is 0 Å². The Labute approximate surface area is 179 Å². The summed E-state index contributed by atoms with van der Waals surface area (Å²) in [6.45, 7) is 0. The SMILES string of the molecule is O=C(CC1CCS(=O)(=O)C1)NNC(=O)c1nc(-c2ccccc2)n(-c2ccccc2)n1. The number of hydrogen-bond acceptors (Lipinski definition) is 6. The number of nitrogens with zero attached hydrogens (tertiary/aromatic N) is 3. The Kier molecular flexibility index (Phi) is 5.81. The molecule has 1 atom stereocenters. The minimum Gasteiger partial charge on any atom is -0.273 e. The fraction of sp³-hybridized carbons (Fsp3) is 0.238. The van der Waals surface area contributed by atoms with Crippen LogP contribution in [0.5, 0.6) is 0 Å². The first-order chi connectivity index (χ1) is 14.9. The third-order valence-corrected chi connectivity index (χ3v) is 6.80. The van der Waals surface area contributed by atoms with Gasteiger partial charge < -0.3 is 0 Å². The molecule has 31 heavy (non-hydrogen) atoms. The number of hydrazine groups is 1. The quantitative estimate of drug-likeness (QED) is 0.581. The molecule has 2 amide bonds. The Hall–Kier alpha value is -3.53. The molecule has 0 aliphatic carbocycles. The minimum absolute atomic E-state index is 0.00214. The first-order valence-electron chi connectivity index (χ1n) is 9.79. The third kappa shape index (κ3) is 4.97. The number of carbonyl (C=O) groups excluding carboxylic acids is 2. The highest BCUT2D eigenvalue weighted by Gasteiger charge is 2.29. The topological polar surface area (TPSA) is 123 Å². The number of para-hydroxylation sites is 1. The summed E-state index contributed by atoms with van der Waals surface area (Å²) < 4.78 is 24.6. The van der Waals surface area contributed by atoms with Gasteiger partial charge in [0.1, 0.15) is 0 Å². The van der Waals surface area contributed by atoms with Gasteiger partial charge in [0.25, 0.3) is 0 Å². The highest BCUT2D eigenvalue weighted by atomic mass is 32.2. The first-order valence-corrected chi connectivity index (χ1v) is 11.6. The molecule has 9 nitrogen and oxygen atoms in total. The Morgan fingerprint density at radius 3 is 2.32 bits per heavy atom. The van der Waals surface area contributed by atoms with E-state index in [-0.39, 0.29) is 29.7 Å². The molecular formula is C21H21N5O4S. The molecule has 2 N–H and O–H groups in total. The van der Waals surface area contributed by atoms with Gasteiger partial charge >= 0.3 is 5.91 Å². The highest BCUT2D eigenvalue weighted by Crippen LogP contribution is 2.22. The molecule has 4 rings (SSSR count). The van der Waals surface area contributed by atoms with E-state index in [0.717, 1.165) is 11.3 Å². The van der Waals surface area contributed by atoms with Gasteiger partial charge in [-0.25, -0.2) is 18.1 Å². The summed E-state index contributed by atoms with van der Waals surface area (Å²) in [7, 11) is -3.06. The lowest BCUT2D eigenvalue weighted by molar-refractivity contribution is -0.122. The van der Waals surface area contributed by atoms with Crippen molar-refractivity contribution in [1.29, 1.82) is 0 Å². The van der Waals surface area contributed by atoms with Gasteiger partial charge in [-0.1, -0.05) is 48.5 Å². The van der Waals surface area contributed by atoms with Crippen LogP contribution in [0.3, 0.4) is 0 Å². The minimum atomic E-state index is -3.06. The molecular weight excluding hydrogens is 418 g/mol. The zero-order valence-corrected chi connectivity index (χ0v) is 17.4. The van der Waals surface area contributed by atoms with E-state index >= 15 is 0 Å². The van der Waals surface area contributed by atoms with Gasteiger partial charge in [0.15, 0.2) is 15.7 Å². The Balaban J connectivity index is 1.48. The number of hydrogen-bond donors (Lipinski definition) is 2. The summed E-state index contributed by atoms with van der Waals surface area (Å²) >= 11 is 0. The van der Waals surface area contributed by atoms with Gasteiger partial charge in [0, 0.05) is 12.0 Å². The Bertz CT molecular complexity index is 1140. The lowest BCUT2D eigenvalue weighted by atomic mass is 10.1. The molecule has 0 radical (unpaired) electrons. The van der Waals surface area contributed by atoms with Gasteiger partial charge in [-0.05, 0) is 24.5 Å². The van der Waals surface area contributed by atoms with Crippen LogP contribution in [0.15, 0.2) is 60.7 Å². The van der Waals surface area contributed by atoms with Crippen molar-refractivity contribution in [1.82, 2.24) is 25.6 Å². The largest absolute Gasteiger partial charge is 0.309 e. The fourth-order valence-corrected chi connectivity index (χ4v) is 5.32. The summed E-state index contributed by atoms with van der Waals surface area (Å²) in [5.41, 5.74) is 6.15. The van der Waals surface area contributed by atoms with E-state index in [2.05, 4.69) is 20.9 Å². The second-order valence-electron chi connectivity index (χ2n) is 7.35. The summed E-state index contributed by atoms with van der Waals surface area (Å²) in [5, 5.41) is 4.32. The van der Waals surface area contributed by atoms with Crippen molar-refractivity contribution < 1.29 is 18.0 Å². The maximum atomic E-state index is 12.6. The van der Waals surface area contributed by atoms with Crippen molar-refractivity contribution >= 4 is 21.7 Å². The Morgan fingerprint density at radius 1 is 1.00 bits per heavy atom. The zero-order valence-electron chi connectivity index (χ0n) is 16.6. The van der Waals surface area contributed by atoms with Crippen LogP contribution in [0, 0.1) is 5.92 Å². The molecule has 1 fully saturated rings. The van der Waals surface area contributed by atoms with Crippen LogP contribution < -0.4 is 10.9 Å². The fourth-order valence-electron chi connectivity index (χ4n) is 3.46. The molecule has 1 aliphatic heterocycles. The van der Waals surface area contributed by atoms with Crippen LogP contribution in [-0.2, 0) is 14.6 Å². The first kappa shape index (κ1) is 20.7. The van der Waals surface area contributed by atoms with Crippen LogP contribution in [0.1, 0.15) is 23.5 Å². The normalized spacial score (nSPS) is 17.2. The van der Waals surface area contributed by atoms with Crippen molar-refractivity contribution in [3.8, 4) is 17.1 Å². The lowest BCUT2D eigenvalue weighted by Crippen LogP contribution is -2.42. The molecule has 10 heteroatoms. The maximum absolute atomic E-state index is 12.6. The number of nitrogens with one attached hydrogen (secondary N) is 2. The molecule has 0 spiro atoms. The molecule has 1 saturated heterocycles. The smallest absolute Gasteiger partial charge is 0.273 e. The monoisotopic (exact) mass is 439 g/mol. The summed E-state index contributed by atoms with van der Waals surface area (Å²) in [5.74, 6) is -0.883. The van der Waals surface area contributed by atoms with Gasteiger partial charge in [-0.15, -0.1) is 5.10 Å². The van der Waals surface area contributed by atoms with Gasteiger partial charge in [-0.3, -0.25) is 20.4 Å². The number of benzene rings is 2. The van der Waals surface area contributed by atoms with Crippen LogP contribution in [0.25, 0.3) is 17.1 Å². The number of amides is 2. The second kappa shape index (κ2) is 8.68. The molecule has 1 unspecified atom stereocenters. The van der Waals surface area contributed by atoms with Crippen molar-refractivity contribution in [3.63, 3.8) is 0 Å². The van der Waals surface area contributed by atoms with Gasteiger partial charge in [0.2, 0.25) is 11.7 Å². The van der Waals surface area contributed by atoms with Gasteiger partial charge in [-0.2, -0.15) is 0 Å². The van der Waals surface area contributed by atoms with Crippen LogP contribution >= 0.6 is 0 Å². The number of carbonyl (C=O) groups is 2. The van der Waals surface area contributed by atoms with E-state index in [1.807, 2.05) is 60.7 Å². The predicted octanol–water partition coefficient (Wildman–Crippen LogP) is 1.52. The van der Waals surface area contributed by atoms with Crippen LogP contribution in [-0.4, -0.2) is 46.5 Å². The van der Waals surface area contributed by atoms with E-state index in [4.69, 9.17) is 0 Å². The highest BCUT2D eigenvalue weighted by molar-refractivity contribution is 7.91. The van der Waals surface area contributed by atoms with Crippen molar-refractivity contribution in [3.05, 3.63) is 66.5 Å². The van der Waals surface area contributed by atoms with Crippen molar-refractivity contribution in [2.75, 3.05) is 11.5 Å². The average Bonchev–Trinajstić information content (AvgIpc) is 3.36. The molecule has 1 aliphatic rings. The predicted molar refractivity (Wildman–Crippen MR) is 114 cm³/mol. The summed E-state index contributed by atoms with van der Waals surface area (Å²) in [6.07, 6.45) is 0.480. The molecule has 2 aromatic carbocycles. The summed E-state index contributed by atoms with van der Waals surface area (Å²) in [4.78, 5) is 29.0. The lowest BCUT2D eigenvalue weighted by Gasteiger charge is -2.08. The van der Waals surface area contributed by atoms with E-state index < -0.39 is 21.7 Å². The van der Waals surface area contributed by atoms with Crippen molar-refractivity contribution in [2.24, 2.45) is 5.92 Å². The molecule has 2 heterocycles. The number of sulfone groups is 1. The Morgan fingerprint density at radius 2 is 1.68 bits per heavy atom. The zero-order chi connectivity index (χ0) is 21.8. The number of rotatable bonds is 5. The standard InChI is InChI=1S/C21H21N5O4S/c27-18(13-15-11-12-31(29,30)14-15)23-24-21(28)19-22-20(16-7-3-1-4-8-16)26(25-19)17-9-5-2-6-10-17/h1-10,15H,11-14H2,(H,23,27)(H,24,28). The molecule has 0 saturated carbocycles. The molecule has 1 aromatic heterocycles. The summed E-state index contributed by atoms with van der Waals surface area (Å²) in [6, 6.07) is 18.6. The van der Waals surface area contributed by atoms with Gasteiger partial charge in [0.05, 0.1) is 17.2 Å². The second-order valence-corrected chi connectivity index (χ2v) is 9.58. The maximum Gasteiger partial charge on any atom is 0.309 e. The molecule has 3 aromatic rings. The molecule has 0 bridgehead atoms. The van der Waals surface area contributed by atoms with Crippen LogP contribution in [0.4, 0.5) is 0 Å². The molecule has 160 valence electrons. The third-order valence-electron chi connectivity index (χ3n) is 4.96. The number of aromatic nitrogens is 3.